The van der Waals surface area contributed by atoms with E-state index in [9.17, 15) is 4.79 Å². The summed E-state index contributed by atoms with van der Waals surface area (Å²) in [6, 6.07) is 16.1. The number of fused-ring (bicyclic) bond motifs is 1. The van der Waals surface area contributed by atoms with E-state index in [4.69, 9.17) is 4.74 Å². The minimum absolute atomic E-state index is 0.0675. The van der Waals surface area contributed by atoms with Gasteiger partial charge in [0.15, 0.2) is 0 Å². The van der Waals surface area contributed by atoms with E-state index < -0.39 is 0 Å². The number of benzene rings is 2. The van der Waals surface area contributed by atoms with Crippen LogP contribution in [-0.4, -0.2) is 11.2 Å². The van der Waals surface area contributed by atoms with E-state index in [2.05, 4.69) is 32.9 Å². The largest absolute Gasteiger partial charge is 0.492 e. The SMILES string of the molecule is CC(C)(C)c1ccc(OCCn2c(=O)sc3ccccc32)cc1. The third-order valence-electron chi connectivity index (χ3n) is 3.88. The molecule has 0 aliphatic heterocycles. The van der Waals surface area contributed by atoms with Gasteiger partial charge in [0.05, 0.1) is 16.8 Å². The van der Waals surface area contributed by atoms with Crippen molar-refractivity contribution in [3.63, 3.8) is 0 Å². The van der Waals surface area contributed by atoms with Crippen LogP contribution in [0.4, 0.5) is 0 Å². The van der Waals surface area contributed by atoms with Gasteiger partial charge in [0.1, 0.15) is 12.4 Å². The van der Waals surface area contributed by atoms with Gasteiger partial charge < -0.3 is 4.74 Å². The quantitative estimate of drug-likeness (QED) is 0.709. The molecule has 0 spiro atoms. The third-order valence-corrected chi connectivity index (χ3v) is 4.84. The van der Waals surface area contributed by atoms with Crippen molar-refractivity contribution < 1.29 is 4.74 Å². The Bertz CT molecular complexity index is 853. The van der Waals surface area contributed by atoms with Crippen molar-refractivity contribution in [2.45, 2.75) is 32.7 Å². The Morgan fingerprint density at radius 1 is 1.04 bits per heavy atom. The number of hydrogen-bond acceptors (Lipinski definition) is 3. The first-order chi connectivity index (χ1) is 10.9. The molecule has 0 radical (unpaired) electrons. The molecule has 23 heavy (non-hydrogen) atoms. The Morgan fingerprint density at radius 2 is 1.74 bits per heavy atom. The van der Waals surface area contributed by atoms with Gasteiger partial charge in [0, 0.05) is 0 Å². The van der Waals surface area contributed by atoms with Crippen LogP contribution in [0.3, 0.4) is 0 Å². The lowest BCUT2D eigenvalue weighted by atomic mass is 9.87. The van der Waals surface area contributed by atoms with Gasteiger partial charge in [-0.05, 0) is 35.2 Å². The minimum atomic E-state index is 0.0675. The van der Waals surface area contributed by atoms with Crippen LogP contribution in [0.5, 0.6) is 5.75 Å². The van der Waals surface area contributed by atoms with Crippen molar-refractivity contribution >= 4 is 21.6 Å². The van der Waals surface area contributed by atoms with E-state index in [1.807, 2.05) is 36.4 Å². The summed E-state index contributed by atoms with van der Waals surface area (Å²) in [7, 11) is 0. The maximum Gasteiger partial charge on any atom is 0.308 e. The summed E-state index contributed by atoms with van der Waals surface area (Å²) >= 11 is 1.28. The van der Waals surface area contributed by atoms with Crippen LogP contribution in [0.2, 0.25) is 0 Å². The second-order valence-electron chi connectivity index (χ2n) is 6.61. The summed E-state index contributed by atoms with van der Waals surface area (Å²) < 4.78 is 8.60. The summed E-state index contributed by atoms with van der Waals surface area (Å²) in [4.78, 5) is 12.1. The van der Waals surface area contributed by atoms with Gasteiger partial charge in [-0.25, -0.2) is 0 Å². The molecule has 120 valence electrons. The molecule has 1 aromatic heterocycles. The standard InChI is InChI=1S/C19H21NO2S/c1-19(2,3)14-8-10-15(11-9-14)22-13-12-20-16-6-4-5-7-17(16)23-18(20)21/h4-11H,12-13H2,1-3H3. The molecule has 0 unspecified atom stereocenters. The Kier molecular flexibility index (Phi) is 4.26. The summed E-state index contributed by atoms with van der Waals surface area (Å²) in [6.45, 7) is 7.62. The number of nitrogens with zero attached hydrogens (tertiary/aromatic N) is 1. The molecule has 0 aliphatic carbocycles. The molecular formula is C19H21NO2S. The average Bonchev–Trinajstić information content (AvgIpc) is 2.83. The van der Waals surface area contributed by atoms with Gasteiger partial charge >= 0.3 is 4.87 Å². The zero-order valence-corrected chi connectivity index (χ0v) is 14.5. The van der Waals surface area contributed by atoms with E-state index in [1.54, 1.807) is 4.57 Å². The number of rotatable bonds is 4. The zero-order chi connectivity index (χ0) is 16.4. The average molecular weight is 327 g/mol. The van der Waals surface area contributed by atoms with Crippen LogP contribution in [0.25, 0.3) is 10.2 Å². The molecule has 0 saturated carbocycles. The van der Waals surface area contributed by atoms with E-state index in [-0.39, 0.29) is 10.3 Å². The maximum absolute atomic E-state index is 12.1. The molecule has 0 aliphatic rings. The van der Waals surface area contributed by atoms with Crippen LogP contribution >= 0.6 is 11.3 Å². The molecule has 1 heterocycles. The van der Waals surface area contributed by atoms with E-state index in [0.29, 0.717) is 13.2 Å². The van der Waals surface area contributed by atoms with Crippen LogP contribution in [0, 0.1) is 0 Å². The number of thiazole rings is 1. The minimum Gasteiger partial charge on any atom is -0.492 e. The van der Waals surface area contributed by atoms with Gasteiger partial charge in [0.25, 0.3) is 0 Å². The topological polar surface area (TPSA) is 31.2 Å². The monoisotopic (exact) mass is 327 g/mol. The number of aromatic nitrogens is 1. The van der Waals surface area contributed by atoms with Crippen LogP contribution < -0.4 is 9.61 Å². The first-order valence-corrected chi connectivity index (χ1v) is 8.58. The molecule has 3 nitrogen and oxygen atoms in total. The summed E-state index contributed by atoms with van der Waals surface area (Å²) in [5, 5.41) is 0. The molecule has 3 aromatic rings. The van der Waals surface area contributed by atoms with E-state index >= 15 is 0 Å². The second kappa shape index (κ2) is 6.20. The summed E-state index contributed by atoms with van der Waals surface area (Å²) in [5.74, 6) is 0.839. The highest BCUT2D eigenvalue weighted by Gasteiger charge is 2.13. The molecular weight excluding hydrogens is 306 g/mol. The van der Waals surface area contributed by atoms with E-state index in [0.717, 1.165) is 16.0 Å². The fourth-order valence-corrected chi connectivity index (χ4v) is 3.45. The van der Waals surface area contributed by atoms with Gasteiger partial charge in [-0.2, -0.15) is 0 Å². The van der Waals surface area contributed by atoms with Crippen LogP contribution in [-0.2, 0) is 12.0 Å². The Labute approximate surface area is 140 Å². The number of hydrogen-bond donors (Lipinski definition) is 0. The van der Waals surface area contributed by atoms with Crippen molar-refractivity contribution in [1.29, 1.82) is 0 Å². The lowest BCUT2D eigenvalue weighted by Gasteiger charge is -2.19. The van der Waals surface area contributed by atoms with Crippen molar-refractivity contribution in [3.05, 3.63) is 63.8 Å². The molecule has 0 saturated heterocycles. The van der Waals surface area contributed by atoms with Crippen LogP contribution in [0.15, 0.2) is 53.3 Å². The van der Waals surface area contributed by atoms with Crippen LogP contribution in [0.1, 0.15) is 26.3 Å². The maximum atomic E-state index is 12.1. The van der Waals surface area contributed by atoms with Gasteiger partial charge in [-0.1, -0.05) is 56.4 Å². The first-order valence-electron chi connectivity index (χ1n) is 7.77. The van der Waals surface area contributed by atoms with Gasteiger partial charge in [-0.3, -0.25) is 9.36 Å². The highest BCUT2D eigenvalue weighted by atomic mass is 32.1. The lowest BCUT2D eigenvalue weighted by molar-refractivity contribution is 0.299. The molecule has 2 aromatic carbocycles. The molecule has 4 heteroatoms. The predicted molar refractivity (Wildman–Crippen MR) is 96.7 cm³/mol. The smallest absolute Gasteiger partial charge is 0.308 e. The van der Waals surface area contributed by atoms with Crippen molar-refractivity contribution in [1.82, 2.24) is 4.57 Å². The zero-order valence-electron chi connectivity index (χ0n) is 13.7. The van der Waals surface area contributed by atoms with Crippen molar-refractivity contribution in [2.24, 2.45) is 0 Å². The normalized spacial score (nSPS) is 11.8. The fraction of sp³-hybridized carbons (Fsp3) is 0.316. The Balaban J connectivity index is 1.67. The summed E-state index contributed by atoms with van der Waals surface area (Å²) in [5.41, 5.74) is 2.40. The molecule has 0 fully saturated rings. The van der Waals surface area contributed by atoms with Gasteiger partial charge in [0.2, 0.25) is 0 Å². The molecule has 3 rings (SSSR count). The highest BCUT2D eigenvalue weighted by Crippen LogP contribution is 2.24. The van der Waals surface area contributed by atoms with Crippen molar-refractivity contribution in [2.75, 3.05) is 6.61 Å². The van der Waals surface area contributed by atoms with E-state index in [1.165, 1.54) is 16.9 Å². The molecule has 0 amide bonds. The Hall–Kier alpha value is -2.07. The lowest BCUT2D eigenvalue weighted by Crippen LogP contribution is -2.17. The Morgan fingerprint density at radius 3 is 2.43 bits per heavy atom. The van der Waals surface area contributed by atoms with Crippen molar-refractivity contribution in [3.8, 4) is 5.75 Å². The molecule has 0 bridgehead atoms. The highest BCUT2D eigenvalue weighted by molar-refractivity contribution is 7.16. The predicted octanol–water partition coefficient (Wildman–Crippen LogP) is 4.44. The van der Waals surface area contributed by atoms with Gasteiger partial charge in [-0.15, -0.1) is 0 Å². The second-order valence-corrected chi connectivity index (χ2v) is 7.60. The number of para-hydroxylation sites is 1. The number of ether oxygens (including phenoxy) is 1. The third kappa shape index (κ3) is 3.48. The molecule has 0 atom stereocenters. The fourth-order valence-electron chi connectivity index (χ4n) is 2.53. The molecule has 0 N–H and O–H groups in total. The first kappa shape index (κ1) is 15.8. The summed E-state index contributed by atoms with van der Waals surface area (Å²) in [6.07, 6.45) is 0.